The second-order valence-electron chi connectivity index (χ2n) is 5.98. The molecule has 0 saturated carbocycles. The normalized spacial score (nSPS) is 18.7. The fourth-order valence-electron chi connectivity index (χ4n) is 3.41. The second kappa shape index (κ2) is 6.00. The summed E-state index contributed by atoms with van der Waals surface area (Å²) in [5.74, 6) is -0.387. The largest absolute Gasteiger partial charge is 0.464 e. The summed E-state index contributed by atoms with van der Waals surface area (Å²) in [6.45, 7) is 0.578. The van der Waals surface area contributed by atoms with Crippen LogP contribution in [-0.2, 0) is 14.3 Å². The van der Waals surface area contributed by atoms with Crippen LogP contribution in [0.15, 0.2) is 48.5 Å². The molecule has 24 heavy (non-hydrogen) atoms. The van der Waals surface area contributed by atoms with Crippen LogP contribution in [0.2, 0.25) is 0 Å². The number of rotatable bonds is 3. The lowest BCUT2D eigenvalue weighted by Gasteiger charge is -2.15. The zero-order valence-electron chi connectivity index (χ0n) is 13.0. The Balaban J connectivity index is 1.48. The van der Waals surface area contributed by atoms with Crippen LogP contribution in [0.4, 0.5) is 4.79 Å². The molecule has 2 aromatic carbocycles. The number of alkyl carbamates (subject to hydrolysis) is 1. The molecule has 1 N–H and O–H groups in total. The minimum absolute atomic E-state index is 0.0127. The molecule has 1 heterocycles. The topological polar surface area (TPSA) is 64.6 Å². The van der Waals surface area contributed by atoms with Crippen molar-refractivity contribution in [2.75, 3.05) is 13.2 Å². The highest BCUT2D eigenvalue weighted by molar-refractivity contribution is 5.83. The highest BCUT2D eigenvalue weighted by Gasteiger charge is 2.31. The number of carbonyl (C=O) groups excluding carboxylic acids is 2. The molecule has 122 valence electrons. The van der Waals surface area contributed by atoms with Gasteiger partial charge in [-0.3, -0.25) is 0 Å². The molecule has 0 aromatic heterocycles. The number of benzene rings is 2. The molecule has 1 fully saturated rings. The van der Waals surface area contributed by atoms with Crippen LogP contribution in [0.5, 0.6) is 0 Å². The molecule has 5 heteroatoms. The standard InChI is InChI=1S/C19H17NO4/c21-18-17(9-10-23-18)20-19(22)24-11-16-14-7-3-1-5-12(14)13-6-2-4-8-15(13)16/h1-8,16-17H,9-11H2,(H,20,22)/t17-/m0/s1. The van der Waals surface area contributed by atoms with Crippen LogP contribution in [0.25, 0.3) is 11.1 Å². The predicted octanol–water partition coefficient (Wildman–Crippen LogP) is 2.84. The Morgan fingerprint density at radius 3 is 2.29 bits per heavy atom. The first-order valence-corrected chi connectivity index (χ1v) is 8.02. The Hall–Kier alpha value is -2.82. The number of hydrogen-bond acceptors (Lipinski definition) is 4. The van der Waals surface area contributed by atoms with Gasteiger partial charge in [0, 0.05) is 12.3 Å². The Morgan fingerprint density at radius 2 is 1.71 bits per heavy atom. The van der Waals surface area contributed by atoms with Crippen molar-refractivity contribution in [3.05, 3.63) is 59.7 Å². The van der Waals surface area contributed by atoms with Gasteiger partial charge in [-0.1, -0.05) is 48.5 Å². The number of cyclic esters (lactones) is 1. The highest BCUT2D eigenvalue weighted by Crippen LogP contribution is 2.44. The van der Waals surface area contributed by atoms with Crippen LogP contribution >= 0.6 is 0 Å². The molecule has 1 aliphatic heterocycles. The van der Waals surface area contributed by atoms with Crippen molar-refractivity contribution in [1.82, 2.24) is 5.32 Å². The van der Waals surface area contributed by atoms with Gasteiger partial charge in [0.15, 0.2) is 0 Å². The molecule has 0 radical (unpaired) electrons. The van der Waals surface area contributed by atoms with Crippen molar-refractivity contribution in [3.8, 4) is 11.1 Å². The third-order valence-corrected chi connectivity index (χ3v) is 4.57. The van der Waals surface area contributed by atoms with Gasteiger partial charge in [0.05, 0.1) is 6.61 Å². The molecule has 0 spiro atoms. The molecule has 1 atom stereocenters. The average Bonchev–Trinajstić information content (AvgIpc) is 3.15. The smallest absolute Gasteiger partial charge is 0.407 e. The fraction of sp³-hybridized carbons (Fsp3) is 0.263. The number of ether oxygens (including phenoxy) is 2. The Kier molecular flexibility index (Phi) is 3.69. The first kappa shape index (κ1) is 14.8. The summed E-state index contributed by atoms with van der Waals surface area (Å²) in [5, 5.41) is 2.56. The van der Waals surface area contributed by atoms with E-state index >= 15 is 0 Å². The Bertz CT molecular complexity index is 756. The van der Waals surface area contributed by atoms with Crippen molar-refractivity contribution >= 4 is 12.1 Å². The summed E-state index contributed by atoms with van der Waals surface area (Å²) in [4.78, 5) is 23.4. The molecule has 5 nitrogen and oxygen atoms in total. The van der Waals surface area contributed by atoms with Crippen LogP contribution in [0.1, 0.15) is 23.5 Å². The van der Waals surface area contributed by atoms with E-state index in [0.717, 1.165) is 11.1 Å². The van der Waals surface area contributed by atoms with E-state index in [0.29, 0.717) is 13.0 Å². The van der Waals surface area contributed by atoms with Crippen molar-refractivity contribution in [1.29, 1.82) is 0 Å². The molecule has 0 bridgehead atoms. The summed E-state index contributed by atoms with van der Waals surface area (Å²) in [6.07, 6.45) is -0.0936. The lowest BCUT2D eigenvalue weighted by molar-refractivity contribution is -0.139. The van der Waals surface area contributed by atoms with Gasteiger partial charge in [0.1, 0.15) is 12.6 Å². The molecule has 4 rings (SSSR count). The van der Waals surface area contributed by atoms with Crippen molar-refractivity contribution in [2.45, 2.75) is 18.4 Å². The van der Waals surface area contributed by atoms with E-state index in [1.807, 2.05) is 24.3 Å². The average molecular weight is 323 g/mol. The molecule has 0 unspecified atom stereocenters. The first-order chi connectivity index (χ1) is 11.7. The van der Waals surface area contributed by atoms with E-state index in [1.54, 1.807) is 0 Å². The number of esters is 1. The molecular weight excluding hydrogens is 306 g/mol. The quantitative estimate of drug-likeness (QED) is 0.882. The van der Waals surface area contributed by atoms with E-state index in [9.17, 15) is 9.59 Å². The summed E-state index contributed by atoms with van der Waals surface area (Å²) in [5.41, 5.74) is 4.68. The van der Waals surface area contributed by atoms with Crippen LogP contribution in [0.3, 0.4) is 0 Å². The van der Waals surface area contributed by atoms with Crippen LogP contribution in [0, 0.1) is 0 Å². The summed E-state index contributed by atoms with van der Waals surface area (Å²) in [7, 11) is 0. The van der Waals surface area contributed by atoms with Gasteiger partial charge in [0.25, 0.3) is 0 Å². The molecule has 1 amide bonds. The SMILES string of the molecule is O=C(N[C@H]1CCOC1=O)OCC1c2ccccc2-c2ccccc21. The molecular formula is C19H17NO4. The Morgan fingerprint density at radius 1 is 1.08 bits per heavy atom. The van der Waals surface area contributed by atoms with Gasteiger partial charge in [-0.15, -0.1) is 0 Å². The third kappa shape index (κ3) is 2.52. The van der Waals surface area contributed by atoms with E-state index in [2.05, 4.69) is 29.6 Å². The van der Waals surface area contributed by atoms with Gasteiger partial charge in [-0.05, 0) is 22.3 Å². The van der Waals surface area contributed by atoms with Crippen LogP contribution in [-0.4, -0.2) is 31.3 Å². The lowest BCUT2D eigenvalue weighted by atomic mass is 9.98. The first-order valence-electron chi connectivity index (χ1n) is 8.02. The maximum Gasteiger partial charge on any atom is 0.407 e. The van der Waals surface area contributed by atoms with E-state index < -0.39 is 18.1 Å². The van der Waals surface area contributed by atoms with Gasteiger partial charge in [0.2, 0.25) is 0 Å². The monoisotopic (exact) mass is 323 g/mol. The van der Waals surface area contributed by atoms with Gasteiger partial charge >= 0.3 is 12.1 Å². The molecule has 2 aromatic rings. The van der Waals surface area contributed by atoms with Crippen LogP contribution < -0.4 is 5.32 Å². The number of hydrogen-bond donors (Lipinski definition) is 1. The number of nitrogens with one attached hydrogen (secondary N) is 1. The number of carbonyl (C=O) groups is 2. The molecule has 2 aliphatic rings. The number of amides is 1. The summed E-state index contributed by atoms with van der Waals surface area (Å²) in [6, 6.07) is 15.7. The van der Waals surface area contributed by atoms with Crippen molar-refractivity contribution < 1.29 is 19.1 Å². The van der Waals surface area contributed by atoms with E-state index in [1.165, 1.54) is 11.1 Å². The van der Waals surface area contributed by atoms with Gasteiger partial charge < -0.3 is 14.8 Å². The number of fused-ring (bicyclic) bond motifs is 3. The zero-order valence-corrected chi connectivity index (χ0v) is 13.0. The summed E-state index contributed by atoms with van der Waals surface area (Å²) >= 11 is 0. The van der Waals surface area contributed by atoms with Gasteiger partial charge in [-0.25, -0.2) is 9.59 Å². The fourth-order valence-corrected chi connectivity index (χ4v) is 3.41. The second-order valence-corrected chi connectivity index (χ2v) is 5.98. The Labute approximate surface area is 139 Å². The lowest BCUT2D eigenvalue weighted by Crippen LogP contribution is -2.38. The van der Waals surface area contributed by atoms with Gasteiger partial charge in [-0.2, -0.15) is 0 Å². The van der Waals surface area contributed by atoms with E-state index in [4.69, 9.17) is 9.47 Å². The van der Waals surface area contributed by atoms with Crippen molar-refractivity contribution in [3.63, 3.8) is 0 Å². The minimum atomic E-state index is -0.597. The maximum atomic E-state index is 12.0. The van der Waals surface area contributed by atoms with Crippen molar-refractivity contribution in [2.24, 2.45) is 0 Å². The highest BCUT2D eigenvalue weighted by atomic mass is 16.6. The zero-order chi connectivity index (χ0) is 16.5. The predicted molar refractivity (Wildman–Crippen MR) is 87.6 cm³/mol. The summed E-state index contributed by atoms with van der Waals surface area (Å²) < 4.78 is 10.2. The van der Waals surface area contributed by atoms with E-state index in [-0.39, 0.29) is 12.5 Å². The third-order valence-electron chi connectivity index (χ3n) is 4.57. The maximum absolute atomic E-state index is 12.0. The molecule has 1 saturated heterocycles. The minimum Gasteiger partial charge on any atom is -0.464 e. The molecule has 1 aliphatic carbocycles.